The second-order valence-corrected chi connectivity index (χ2v) is 8.75. The summed E-state index contributed by atoms with van der Waals surface area (Å²) < 4.78 is 12.1. The molecule has 3 amide bonds. The largest absolute Gasteiger partial charge is 0.454 e. The summed E-state index contributed by atoms with van der Waals surface area (Å²) in [4.78, 5) is 40.3. The topological polar surface area (TPSA) is 115 Å². The van der Waals surface area contributed by atoms with Crippen LogP contribution in [0.3, 0.4) is 0 Å². The van der Waals surface area contributed by atoms with Crippen molar-refractivity contribution in [3.05, 3.63) is 77.1 Å². The van der Waals surface area contributed by atoms with Gasteiger partial charge in [-0.15, -0.1) is 0 Å². The molecule has 0 fully saturated rings. The van der Waals surface area contributed by atoms with E-state index >= 15 is 0 Å². The molecule has 2 aliphatic rings. The van der Waals surface area contributed by atoms with Gasteiger partial charge in [0.25, 0.3) is 11.8 Å². The fourth-order valence-corrected chi connectivity index (χ4v) is 4.13. The van der Waals surface area contributed by atoms with Crippen molar-refractivity contribution < 1.29 is 23.9 Å². The summed E-state index contributed by atoms with van der Waals surface area (Å²) in [5.41, 5.74) is 0.997. The number of likely N-dealkylation sites (N-methyl/N-ethyl adjacent to an activating group) is 1. The Kier molecular flexibility index (Phi) is 5.64. The normalized spacial score (nSPS) is 18.2. The van der Waals surface area contributed by atoms with Gasteiger partial charge in [0.05, 0.1) is 6.54 Å². The molecule has 0 bridgehead atoms. The molecule has 0 saturated heterocycles. The van der Waals surface area contributed by atoms with E-state index in [1.165, 1.54) is 15.6 Å². The molecule has 1 unspecified atom stereocenters. The number of ether oxygens (including phenoxy) is 2. The molecule has 2 aliphatic heterocycles. The van der Waals surface area contributed by atoms with E-state index < -0.39 is 11.4 Å². The van der Waals surface area contributed by atoms with Gasteiger partial charge in [-0.05, 0) is 30.2 Å². The van der Waals surface area contributed by atoms with Crippen molar-refractivity contribution in [1.82, 2.24) is 25.3 Å². The SMILES string of the molecule is CN1C(=O)c2cc(C(=O)NCc3ccc4c(c3)OCO4)nn2CC1(C)C(=O)NCc1ccccc1. The van der Waals surface area contributed by atoms with E-state index in [9.17, 15) is 14.4 Å². The van der Waals surface area contributed by atoms with E-state index in [-0.39, 0.29) is 43.1 Å². The molecular formula is C25H25N5O5. The summed E-state index contributed by atoms with van der Waals surface area (Å²) >= 11 is 0. The third-order valence-corrected chi connectivity index (χ3v) is 6.41. The standard InChI is InChI=1S/C25H25N5O5/c1-25(24(33)27-12-16-6-4-3-5-7-16)14-30-19(23(32)29(25)2)11-18(28-30)22(31)26-13-17-8-9-20-21(10-17)35-15-34-20/h3-11H,12-15H2,1-2H3,(H,26,31)(H,27,33). The second kappa shape index (κ2) is 8.79. The zero-order valence-corrected chi connectivity index (χ0v) is 19.4. The van der Waals surface area contributed by atoms with Gasteiger partial charge in [-0.1, -0.05) is 36.4 Å². The molecule has 2 aromatic carbocycles. The van der Waals surface area contributed by atoms with Gasteiger partial charge in [0.1, 0.15) is 11.2 Å². The highest BCUT2D eigenvalue weighted by Gasteiger charge is 2.46. The van der Waals surface area contributed by atoms with Crippen LogP contribution in [0.2, 0.25) is 0 Å². The number of amides is 3. The number of carbonyl (C=O) groups excluding carboxylic acids is 3. The van der Waals surface area contributed by atoms with Gasteiger partial charge in [0.15, 0.2) is 17.2 Å². The molecule has 1 atom stereocenters. The number of hydrogen-bond acceptors (Lipinski definition) is 6. The minimum absolute atomic E-state index is 0.108. The summed E-state index contributed by atoms with van der Waals surface area (Å²) in [6, 6.07) is 16.4. The minimum Gasteiger partial charge on any atom is -0.454 e. The molecule has 0 radical (unpaired) electrons. The molecule has 0 spiro atoms. The van der Waals surface area contributed by atoms with Crippen LogP contribution in [-0.2, 0) is 24.4 Å². The first kappa shape index (κ1) is 22.5. The number of benzene rings is 2. The molecular weight excluding hydrogens is 450 g/mol. The number of rotatable bonds is 6. The lowest BCUT2D eigenvalue weighted by Gasteiger charge is -2.40. The van der Waals surface area contributed by atoms with Crippen molar-refractivity contribution in [3.63, 3.8) is 0 Å². The van der Waals surface area contributed by atoms with Crippen LogP contribution in [0.15, 0.2) is 54.6 Å². The van der Waals surface area contributed by atoms with E-state index in [0.29, 0.717) is 18.0 Å². The summed E-state index contributed by atoms with van der Waals surface area (Å²) in [5.74, 6) is 0.200. The maximum absolute atomic E-state index is 13.1. The van der Waals surface area contributed by atoms with Crippen molar-refractivity contribution in [2.24, 2.45) is 0 Å². The lowest BCUT2D eigenvalue weighted by molar-refractivity contribution is -0.132. The van der Waals surface area contributed by atoms with Gasteiger partial charge in [-0.2, -0.15) is 5.10 Å². The van der Waals surface area contributed by atoms with Crippen LogP contribution < -0.4 is 20.1 Å². The zero-order chi connectivity index (χ0) is 24.6. The van der Waals surface area contributed by atoms with Crippen LogP contribution in [0.4, 0.5) is 0 Å². The van der Waals surface area contributed by atoms with Crippen LogP contribution in [-0.4, -0.2) is 51.8 Å². The Morgan fingerprint density at radius 1 is 1.00 bits per heavy atom. The molecule has 35 heavy (non-hydrogen) atoms. The van der Waals surface area contributed by atoms with E-state index in [1.54, 1.807) is 26.1 Å². The van der Waals surface area contributed by atoms with Crippen molar-refractivity contribution in [2.75, 3.05) is 13.8 Å². The fraction of sp³-hybridized carbons (Fsp3) is 0.280. The molecule has 5 rings (SSSR count). The summed E-state index contributed by atoms with van der Waals surface area (Å²) in [5, 5.41) is 10.0. The summed E-state index contributed by atoms with van der Waals surface area (Å²) in [6.45, 7) is 2.59. The maximum Gasteiger partial charge on any atom is 0.272 e. The lowest BCUT2D eigenvalue weighted by atomic mass is 9.96. The van der Waals surface area contributed by atoms with Crippen molar-refractivity contribution in [3.8, 4) is 11.5 Å². The molecule has 1 aromatic heterocycles. The first-order chi connectivity index (χ1) is 16.8. The van der Waals surface area contributed by atoms with Gasteiger partial charge in [0.2, 0.25) is 12.7 Å². The molecule has 3 aromatic rings. The molecule has 3 heterocycles. The Morgan fingerprint density at radius 3 is 2.54 bits per heavy atom. The Bertz CT molecular complexity index is 1300. The van der Waals surface area contributed by atoms with E-state index in [4.69, 9.17) is 9.47 Å². The maximum atomic E-state index is 13.1. The Balaban J connectivity index is 1.27. The number of hydrogen-bond donors (Lipinski definition) is 2. The Hall–Kier alpha value is -4.34. The molecule has 2 N–H and O–H groups in total. The zero-order valence-electron chi connectivity index (χ0n) is 19.4. The molecule has 0 saturated carbocycles. The van der Waals surface area contributed by atoms with Crippen molar-refractivity contribution >= 4 is 17.7 Å². The summed E-state index contributed by atoms with van der Waals surface area (Å²) in [6.07, 6.45) is 0. The number of fused-ring (bicyclic) bond motifs is 2. The van der Waals surface area contributed by atoms with E-state index in [1.807, 2.05) is 36.4 Å². The highest BCUT2D eigenvalue weighted by atomic mass is 16.7. The van der Waals surface area contributed by atoms with Crippen molar-refractivity contribution in [1.29, 1.82) is 0 Å². The molecule has 0 aliphatic carbocycles. The van der Waals surface area contributed by atoms with Gasteiger partial charge >= 0.3 is 0 Å². The van der Waals surface area contributed by atoms with Crippen LogP contribution in [0.5, 0.6) is 11.5 Å². The van der Waals surface area contributed by atoms with Gasteiger partial charge < -0.3 is 25.0 Å². The predicted octanol–water partition coefficient (Wildman–Crippen LogP) is 1.70. The minimum atomic E-state index is -1.16. The molecule has 10 heteroatoms. The van der Waals surface area contributed by atoms with Crippen molar-refractivity contribution in [2.45, 2.75) is 32.1 Å². The Labute approximate surface area is 201 Å². The average Bonchev–Trinajstić information content (AvgIpc) is 3.52. The highest BCUT2D eigenvalue weighted by molar-refractivity contribution is 6.01. The fourth-order valence-electron chi connectivity index (χ4n) is 4.13. The smallest absolute Gasteiger partial charge is 0.272 e. The highest BCUT2D eigenvalue weighted by Crippen LogP contribution is 2.32. The van der Waals surface area contributed by atoms with Crippen LogP contribution in [0, 0.1) is 0 Å². The first-order valence-corrected chi connectivity index (χ1v) is 11.2. The molecule has 10 nitrogen and oxygen atoms in total. The number of nitrogens with zero attached hydrogens (tertiary/aromatic N) is 3. The third-order valence-electron chi connectivity index (χ3n) is 6.41. The van der Waals surface area contributed by atoms with Crippen LogP contribution in [0.25, 0.3) is 0 Å². The lowest BCUT2D eigenvalue weighted by Crippen LogP contribution is -2.62. The predicted molar refractivity (Wildman–Crippen MR) is 125 cm³/mol. The third kappa shape index (κ3) is 4.18. The monoisotopic (exact) mass is 475 g/mol. The molecule has 180 valence electrons. The van der Waals surface area contributed by atoms with Gasteiger partial charge in [0, 0.05) is 26.2 Å². The van der Waals surface area contributed by atoms with Crippen LogP contribution in [0.1, 0.15) is 39.0 Å². The quantitative estimate of drug-likeness (QED) is 0.561. The number of aromatic nitrogens is 2. The first-order valence-electron chi connectivity index (χ1n) is 11.2. The average molecular weight is 476 g/mol. The van der Waals surface area contributed by atoms with E-state index in [0.717, 1.165) is 11.1 Å². The number of carbonyl (C=O) groups is 3. The second-order valence-electron chi connectivity index (χ2n) is 8.75. The van der Waals surface area contributed by atoms with Gasteiger partial charge in [-0.3, -0.25) is 19.1 Å². The number of nitrogens with one attached hydrogen (secondary N) is 2. The summed E-state index contributed by atoms with van der Waals surface area (Å²) in [7, 11) is 1.58. The van der Waals surface area contributed by atoms with E-state index in [2.05, 4.69) is 15.7 Å². The van der Waals surface area contributed by atoms with Crippen LogP contribution >= 0.6 is 0 Å². The Morgan fingerprint density at radius 2 is 1.74 bits per heavy atom. The van der Waals surface area contributed by atoms with Gasteiger partial charge in [-0.25, -0.2) is 0 Å².